The fraction of sp³-hybridized carbons (Fsp3) is 0.467. The summed E-state index contributed by atoms with van der Waals surface area (Å²) in [7, 11) is 0. The second kappa shape index (κ2) is 6.48. The quantitative estimate of drug-likeness (QED) is 0.808. The number of amides is 1. The van der Waals surface area contributed by atoms with E-state index in [-0.39, 0.29) is 5.91 Å². The number of piperidine rings is 1. The molecule has 1 heterocycles. The van der Waals surface area contributed by atoms with Crippen LogP contribution >= 0.6 is 31.9 Å². The Morgan fingerprint density at radius 2 is 1.71 bits per heavy atom. The number of carbonyl (C=O) groups excluding carboxylic acids is 1. The molecule has 0 saturated carbocycles. The zero-order valence-corrected chi connectivity index (χ0v) is 14.9. The second-order valence-electron chi connectivity index (χ2n) is 5.39. The summed E-state index contributed by atoms with van der Waals surface area (Å²) in [6.45, 7) is 2.88. The highest BCUT2D eigenvalue weighted by Gasteiger charge is 2.40. The molecule has 0 bridgehead atoms. The lowest BCUT2D eigenvalue weighted by molar-refractivity contribution is -0.152. The van der Waals surface area contributed by atoms with E-state index in [4.69, 9.17) is 0 Å². The molecule has 6 heteroatoms. The lowest BCUT2D eigenvalue weighted by atomic mass is 9.76. The molecule has 114 valence electrons. The second-order valence-corrected chi connectivity index (χ2v) is 7.22. The van der Waals surface area contributed by atoms with Crippen LogP contribution in [0.25, 0.3) is 0 Å². The third-order valence-electron chi connectivity index (χ3n) is 4.25. The maximum absolute atomic E-state index is 12.5. The SMILES string of the molecule is CCC1(C(=O)O)CCN(C(=O)c2cc(Br)cc(Br)c2)CC1. The first-order chi connectivity index (χ1) is 9.88. The molecular formula is C15H17Br2NO3. The number of carboxylic acid groups (broad SMARTS) is 1. The normalized spacial score (nSPS) is 17.6. The van der Waals surface area contributed by atoms with Gasteiger partial charge in [-0.05, 0) is 37.5 Å². The van der Waals surface area contributed by atoms with Crippen LogP contribution in [0.3, 0.4) is 0 Å². The molecule has 1 aliphatic heterocycles. The largest absolute Gasteiger partial charge is 0.481 e. The van der Waals surface area contributed by atoms with Gasteiger partial charge in [0.2, 0.25) is 0 Å². The number of carboxylic acids is 1. The number of halogens is 2. The first kappa shape index (κ1) is 16.5. The Bertz CT molecular complexity index is 546. The molecule has 0 atom stereocenters. The summed E-state index contributed by atoms with van der Waals surface area (Å²) in [5.41, 5.74) is -0.0650. The van der Waals surface area contributed by atoms with E-state index < -0.39 is 11.4 Å². The van der Waals surface area contributed by atoms with Gasteiger partial charge in [0.25, 0.3) is 5.91 Å². The fourth-order valence-electron chi connectivity index (χ4n) is 2.72. The van der Waals surface area contributed by atoms with Gasteiger partial charge in [0.15, 0.2) is 0 Å². The van der Waals surface area contributed by atoms with Crippen molar-refractivity contribution in [3.8, 4) is 0 Å². The number of rotatable bonds is 3. The van der Waals surface area contributed by atoms with Gasteiger partial charge in [-0.1, -0.05) is 38.8 Å². The standard InChI is InChI=1S/C15H17Br2NO3/c1-2-15(14(20)21)3-5-18(6-4-15)13(19)10-7-11(16)9-12(17)8-10/h7-9H,2-6H2,1H3,(H,20,21). The van der Waals surface area contributed by atoms with Crippen LogP contribution in [0.2, 0.25) is 0 Å². The molecule has 1 aliphatic rings. The van der Waals surface area contributed by atoms with Crippen molar-refractivity contribution < 1.29 is 14.7 Å². The monoisotopic (exact) mass is 417 g/mol. The summed E-state index contributed by atoms with van der Waals surface area (Å²) in [5.74, 6) is -0.797. The van der Waals surface area contributed by atoms with Gasteiger partial charge >= 0.3 is 5.97 Å². The Balaban J connectivity index is 2.11. The topological polar surface area (TPSA) is 57.6 Å². The van der Waals surface area contributed by atoms with Gasteiger partial charge in [-0.15, -0.1) is 0 Å². The Morgan fingerprint density at radius 1 is 1.19 bits per heavy atom. The van der Waals surface area contributed by atoms with Crippen molar-refractivity contribution in [1.29, 1.82) is 0 Å². The van der Waals surface area contributed by atoms with Gasteiger partial charge in [-0.3, -0.25) is 9.59 Å². The Labute approximate surface area is 140 Å². The summed E-state index contributed by atoms with van der Waals surface area (Å²) >= 11 is 6.75. The van der Waals surface area contributed by atoms with Crippen molar-refractivity contribution in [3.63, 3.8) is 0 Å². The molecule has 0 unspecified atom stereocenters. The first-order valence-corrected chi connectivity index (χ1v) is 8.45. The smallest absolute Gasteiger partial charge is 0.309 e. The number of nitrogens with zero attached hydrogens (tertiary/aromatic N) is 1. The van der Waals surface area contributed by atoms with E-state index in [0.717, 1.165) is 8.95 Å². The van der Waals surface area contributed by atoms with Crippen LogP contribution < -0.4 is 0 Å². The van der Waals surface area contributed by atoms with Gasteiger partial charge in [0.05, 0.1) is 5.41 Å². The predicted molar refractivity (Wildman–Crippen MR) is 87.3 cm³/mol. The van der Waals surface area contributed by atoms with Gasteiger partial charge in [0.1, 0.15) is 0 Å². The van der Waals surface area contributed by atoms with Crippen molar-refractivity contribution in [3.05, 3.63) is 32.7 Å². The summed E-state index contributed by atoms with van der Waals surface area (Å²) in [6.07, 6.45) is 1.63. The highest BCUT2D eigenvalue weighted by atomic mass is 79.9. The maximum Gasteiger partial charge on any atom is 0.309 e. The average molecular weight is 419 g/mol. The van der Waals surface area contributed by atoms with Crippen LogP contribution in [-0.4, -0.2) is 35.0 Å². The number of benzene rings is 1. The minimum absolute atomic E-state index is 0.0490. The molecule has 1 amide bonds. The van der Waals surface area contributed by atoms with Crippen molar-refractivity contribution in [2.75, 3.05) is 13.1 Å². The Hall–Kier alpha value is -0.880. The number of carbonyl (C=O) groups is 2. The highest BCUT2D eigenvalue weighted by molar-refractivity contribution is 9.11. The number of aliphatic carboxylic acids is 1. The van der Waals surface area contributed by atoms with Crippen molar-refractivity contribution in [2.45, 2.75) is 26.2 Å². The Morgan fingerprint density at radius 3 is 2.14 bits per heavy atom. The van der Waals surface area contributed by atoms with E-state index in [0.29, 0.717) is 37.9 Å². The van der Waals surface area contributed by atoms with E-state index in [1.165, 1.54) is 0 Å². The highest BCUT2D eigenvalue weighted by Crippen LogP contribution is 2.35. The van der Waals surface area contributed by atoms with Crippen LogP contribution in [0.15, 0.2) is 27.1 Å². The molecule has 0 spiro atoms. The van der Waals surface area contributed by atoms with Gasteiger partial charge < -0.3 is 10.0 Å². The zero-order chi connectivity index (χ0) is 15.6. The molecule has 1 N–H and O–H groups in total. The fourth-order valence-corrected chi connectivity index (χ4v) is 4.01. The zero-order valence-electron chi connectivity index (χ0n) is 11.7. The van der Waals surface area contributed by atoms with Crippen LogP contribution in [-0.2, 0) is 4.79 Å². The van der Waals surface area contributed by atoms with Crippen LogP contribution in [0.5, 0.6) is 0 Å². The van der Waals surface area contributed by atoms with E-state index in [1.54, 1.807) is 17.0 Å². The first-order valence-electron chi connectivity index (χ1n) is 6.87. The summed E-state index contributed by atoms with van der Waals surface area (Å²) in [6, 6.07) is 5.44. The summed E-state index contributed by atoms with van der Waals surface area (Å²) < 4.78 is 1.68. The number of likely N-dealkylation sites (tertiary alicyclic amines) is 1. The van der Waals surface area contributed by atoms with Gasteiger partial charge in [0, 0.05) is 27.6 Å². The molecule has 21 heavy (non-hydrogen) atoms. The van der Waals surface area contributed by atoms with Crippen LogP contribution in [0.4, 0.5) is 0 Å². The van der Waals surface area contributed by atoms with E-state index in [2.05, 4.69) is 31.9 Å². The minimum Gasteiger partial charge on any atom is -0.481 e. The molecule has 2 rings (SSSR count). The minimum atomic E-state index is -0.748. The third kappa shape index (κ3) is 3.48. The molecule has 0 aliphatic carbocycles. The molecule has 1 aromatic rings. The summed E-state index contributed by atoms with van der Waals surface area (Å²) in [5, 5.41) is 9.39. The number of hydrogen-bond acceptors (Lipinski definition) is 2. The Kier molecular flexibility index (Phi) is 5.09. The molecule has 1 aromatic carbocycles. The van der Waals surface area contributed by atoms with Gasteiger partial charge in [-0.25, -0.2) is 0 Å². The molecule has 1 saturated heterocycles. The average Bonchev–Trinajstić information content (AvgIpc) is 2.45. The maximum atomic E-state index is 12.5. The molecular weight excluding hydrogens is 402 g/mol. The van der Waals surface area contributed by atoms with Crippen molar-refractivity contribution in [2.24, 2.45) is 5.41 Å². The van der Waals surface area contributed by atoms with Crippen LogP contribution in [0, 0.1) is 5.41 Å². The summed E-state index contributed by atoms with van der Waals surface area (Å²) in [4.78, 5) is 25.7. The molecule has 1 fully saturated rings. The molecule has 0 aromatic heterocycles. The van der Waals surface area contributed by atoms with Crippen molar-refractivity contribution in [1.82, 2.24) is 4.90 Å². The van der Waals surface area contributed by atoms with Crippen molar-refractivity contribution >= 4 is 43.7 Å². The lowest BCUT2D eigenvalue weighted by Gasteiger charge is -2.38. The molecule has 0 radical (unpaired) electrons. The van der Waals surface area contributed by atoms with E-state index in [9.17, 15) is 14.7 Å². The van der Waals surface area contributed by atoms with Crippen LogP contribution in [0.1, 0.15) is 36.5 Å². The van der Waals surface area contributed by atoms with Gasteiger partial charge in [-0.2, -0.15) is 0 Å². The lowest BCUT2D eigenvalue weighted by Crippen LogP contribution is -2.46. The third-order valence-corrected chi connectivity index (χ3v) is 5.16. The van der Waals surface area contributed by atoms with E-state index in [1.807, 2.05) is 13.0 Å². The van der Waals surface area contributed by atoms with E-state index >= 15 is 0 Å². The predicted octanol–water partition coefficient (Wildman–Crippen LogP) is 3.93. The molecule has 4 nitrogen and oxygen atoms in total. The number of hydrogen-bond donors (Lipinski definition) is 1.